The van der Waals surface area contributed by atoms with Gasteiger partial charge in [0.15, 0.2) is 0 Å². The minimum absolute atomic E-state index is 0.000588. The highest BCUT2D eigenvalue weighted by atomic mass is 127. The van der Waals surface area contributed by atoms with E-state index < -0.39 is 0 Å². The van der Waals surface area contributed by atoms with Crippen LogP contribution in [0.3, 0.4) is 0 Å². The summed E-state index contributed by atoms with van der Waals surface area (Å²) >= 11 is 2.23. The Morgan fingerprint density at radius 1 is 1.36 bits per heavy atom. The Bertz CT molecular complexity index is 222. The third kappa shape index (κ3) is 2.43. The van der Waals surface area contributed by atoms with Crippen LogP contribution in [0.25, 0.3) is 0 Å². The van der Waals surface area contributed by atoms with E-state index >= 15 is 0 Å². The molecule has 0 fully saturated rings. The predicted molar refractivity (Wildman–Crippen MR) is 53.2 cm³/mol. The van der Waals surface area contributed by atoms with E-state index in [2.05, 4.69) is 22.6 Å². The summed E-state index contributed by atoms with van der Waals surface area (Å²) < 4.78 is 1.18. The molecular weight excluding hydrogens is 253 g/mol. The molecule has 60 valence electrons. The number of hydrogen-bond donors (Lipinski definition) is 2. The molecule has 0 aliphatic rings. The van der Waals surface area contributed by atoms with Crippen molar-refractivity contribution in [3.05, 3.63) is 33.4 Å². The summed E-state index contributed by atoms with van der Waals surface area (Å²) in [5, 5.41) is 8.73. The molecule has 0 saturated heterocycles. The van der Waals surface area contributed by atoms with Gasteiger partial charge >= 0.3 is 0 Å². The number of rotatable bonds is 2. The van der Waals surface area contributed by atoms with Crippen molar-refractivity contribution in [3.63, 3.8) is 0 Å². The fourth-order valence-electron chi connectivity index (χ4n) is 0.815. The van der Waals surface area contributed by atoms with Gasteiger partial charge in [-0.05, 0) is 40.3 Å². The predicted octanol–water partition coefficient (Wildman–Crippen LogP) is 1.28. The second-order valence-electron chi connectivity index (χ2n) is 2.34. The van der Waals surface area contributed by atoms with Gasteiger partial charge in [0.05, 0.1) is 12.6 Å². The van der Waals surface area contributed by atoms with Crippen molar-refractivity contribution >= 4 is 22.6 Å². The molecule has 0 bridgehead atoms. The topological polar surface area (TPSA) is 46.2 Å². The standard InChI is InChI=1S/C8H10INO/c9-7-3-1-6(2-4-7)8(10)5-11/h1-4,8,11H,5,10H2/t8-/m1/s1. The van der Waals surface area contributed by atoms with Crippen molar-refractivity contribution in [2.24, 2.45) is 5.73 Å². The highest BCUT2D eigenvalue weighted by Crippen LogP contribution is 2.11. The lowest BCUT2D eigenvalue weighted by molar-refractivity contribution is 0.268. The largest absolute Gasteiger partial charge is 0.394 e. The summed E-state index contributed by atoms with van der Waals surface area (Å²) in [7, 11) is 0. The Morgan fingerprint density at radius 2 is 1.91 bits per heavy atom. The average molecular weight is 263 g/mol. The van der Waals surface area contributed by atoms with E-state index in [0.29, 0.717) is 0 Å². The van der Waals surface area contributed by atoms with E-state index in [4.69, 9.17) is 10.8 Å². The molecule has 0 aliphatic carbocycles. The van der Waals surface area contributed by atoms with E-state index in [1.807, 2.05) is 24.3 Å². The number of nitrogens with two attached hydrogens (primary N) is 1. The van der Waals surface area contributed by atoms with Crippen LogP contribution in [0.1, 0.15) is 11.6 Å². The van der Waals surface area contributed by atoms with Crippen molar-refractivity contribution in [1.29, 1.82) is 0 Å². The van der Waals surface area contributed by atoms with Gasteiger partial charge in [-0.15, -0.1) is 0 Å². The van der Waals surface area contributed by atoms with Gasteiger partial charge in [0.1, 0.15) is 0 Å². The fraction of sp³-hybridized carbons (Fsp3) is 0.250. The maximum Gasteiger partial charge on any atom is 0.0624 e. The molecule has 0 aliphatic heterocycles. The van der Waals surface area contributed by atoms with Crippen molar-refractivity contribution < 1.29 is 5.11 Å². The number of hydrogen-bond acceptors (Lipinski definition) is 2. The molecule has 0 spiro atoms. The zero-order chi connectivity index (χ0) is 8.27. The molecule has 1 aromatic rings. The molecule has 0 aromatic heterocycles. The van der Waals surface area contributed by atoms with Crippen LogP contribution in [0, 0.1) is 3.57 Å². The highest BCUT2D eigenvalue weighted by molar-refractivity contribution is 14.1. The van der Waals surface area contributed by atoms with Gasteiger partial charge in [-0.3, -0.25) is 0 Å². The number of halogens is 1. The Morgan fingerprint density at radius 3 is 2.36 bits per heavy atom. The molecular formula is C8H10INO. The molecule has 11 heavy (non-hydrogen) atoms. The quantitative estimate of drug-likeness (QED) is 0.789. The number of aliphatic hydroxyl groups is 1. The molecule has 0 saturated carbocycles. The zero-order valence-electron chi connectivity index (χ0n) is 6.00. The average Bonchev–Trinajstić information content (AvgIpc) is 2.05. The maximum atomic E-state index is 8.73. The van der Waals surface area contributed by atoms with E-state index in [1.165, 1.54) is 3.57 Å². The van der Waals surface area contributed by atoms with Gasteiger partial charge in [-0.25, -0.2) is 0 Å². The molecule has 1 aromatic carbocycles. The van der Waals surface area contributed by atoms with Crippen LogP contribution >= 0.6 is 22.6 Å². The third-order valence-corrected chi connectivity index (χ3v) is 2.21. The van der Waals surface area contributed by atoms with E-state index in [-0.39, 0.29) is 12.6 Å². The van der Waals surface area contributed by atoms with Gasteiger partial charge in [-0.2, -0.15) is 0 Å². The van der Waals surface area contributed by atoms with Crippen LogP contribution in [0.15, 0.2) is 24.3 Å². The maximum absolute atomic E-state index is 8.73. The molecule has 0 unspecified atom stereocenters. The van der Waals surface area contributed by atoms with Crippen molar-refractivity contribution in [1.82, 2.24) is 0 Å². The van der Waals surface area contributed by atoms with Crippen LogP contribution in [0.5, 0.6) is 0 Å². The molecule has 3 heteroatoms. The van der Waals surface area contributed by atoms with Crippen LogP contribution in [-0.2, 0) is 0 Å². The van der Waals surface area contributed by atoms with Gasteiger partial charge in [0, 0.05) is 3.57 Å². The Kier molecular flexibility index (Phi) is 3.29. The number of benzene rings is 1. The fourth-order valence-corrected chi connectivity index (χ4v) is 1.17. The van der Waals surface area contributed by atoms with Gasteiger partial charge in [-0.1, -0.05) is 12.1 Å². The first-order chi connectivity index (χ1) is 5.24. The first kappa shape index (κ1) is 8.96. The second kappa shape index (κ2) is 4.04. The van der Waals surface area contributed by atoms with Crippen LogP contribution in [0.4, 0.5) is 0 Å². The van der Waals surface area contributed by atoms with Crippen LogP contribution in [0.2, 0.25) is 0 Å². The minimum Gasteiger partial charge on any atom is -0.394 e. The molecule has 1 atom stereocenters. The smallest absolute Gasteiger partial charge is 0.0624 e. The summed E-state index contributed by atoms with van der Waals surface area (Å²) in [5.74, 6) is 0. The number of aliphatic hydroxyl groups excluding tert-OH is 1. The summed E-state index contributed by atoms with van der Waals surface area (Å²) in [6, 6.07) is 7.58. The highest BCUT2D eigenvalue weighted by Gasteiger charge is 2.01. The van der Waals surface area contributed by atoms with Crippen LogP contribution in [-0.4, -0.2) is 11.7 Å². The molecule has 1 rings (SSSR count). The van der Waals surface area contributed by atoms with Gasteiger partial charge in [0.25, 0.3) is 0 Å². The lowest BCUT2D eigenvalue weighted by Crippen LogP contribution is -2.14. The van der Waals surface area contributed by atoms with Crippen LogP contribution < -0.4 is 5.73 Å². The normalized spacial score (nSPS) is 13.0. The summed E-state index contributed by atoms with van der Waals surface area (Å²) in [5.41, 5.74) is 6.57. The second-order valence-corrected chi connectivity index (χ2v) is 3.59. The van der Waals surface area contributed by atoms with Gasteiger partial charge in [0.2, 0.25) is 0 Å². The van der Waals surface area contributed by atoms with E-state index in [9.17, 15) is 0 Å². The molecule has 3 N–H and O–H groups in total. The van der Waals surface area contributed by atoms with E-state index in [1.54, 1.807) is 0 Å². The lowest BCUT2D eigenvalue weighted by atomic mass is 10.1. The molecule has 0 amide bonds. The molecule has 0 radical (unpaired) electrons. The lowest BCUT2D eigenvalue weighted by Gasteiger charge is -2.07. The Labute approximate surface area is 79.6 Å². The zero-order valence-corrected chi connectivity index (χ0v) is 8.15. The molecule has 0 heterocycles. The van der Waals surface area contributed by atoms with E-state index in [0.717, 1.165) is 5.56 Å². The van der Waals surface area contributed by atoms with Crippen molar-refractivity contribution in [3.8, 4) is 0 Å². The Balaban J connectivity index is 2.81. The first-order valence-corrected chi connectivity index (χ1v) is 4.44. The summed E-state index contributed by atoms with van der Waals surface area (Å²) in [4.78, 5) is 0. The summed E-state index contributed by atoms with van der Waals surface area (Å²) in [6.45, 7) is 0.000588. The SMILES string of the molecule is N[C@H](CO)c1ccc(I)cc1. The molecule has 2 nitrogen and oxygen atoms in total. The summed E-state index contributed by atoms with van der Waals surface area (Å²) in [6.07, 6.45) is 0. The first-order valence-electron chi connectivity index (χ1n) is 3.36. The Hall–Kier alpha value is -0.130. The van der Waals surface area contributed by atoms with Crippen molar-refractivity contribution in [2.45, 2.75) is 6.04 Å². The van der Waals surface area contributed by atoms with Gasteiger partial charge < -0.3 is 10.8 Å². The third-order valence-electron chi connectivity index (χ3n) is 1.49. The minimum atomic E-state index is -0.244. The monoisotopic (exact) mass is 263 g/mol. The van der Waals surface area contributed by atoms with Crippen molar-refractivity contribution in [2.75, 3.05) is 6.61 Å².